The number of hydrogen-bond donors (Lipinski definition) is 1. The summed E-state index contributed by atoms with van der Waals surface area (Å²) in [5.74, 6) is -1.10. The molecule has 0 amide bonds. The van der Waals surface area contributed by atoms with Crippen LogP contribution >= 0.6 is 7.60 Å². The molecular weight excluding hydrogens is 446 g/mol. The van der Waals surface area contributed by atoms with E-state index in [0.717, 1.165) is 23.1 Å². The van der Waals surface area contributed by atoms with Crippen molar-refractivity contribution in [3.8, 4) is 0 Å². The van der Waals surface area contributed by atoms with Crippen LogP contribution in [0.1, 0.15) is 36.3 Å². The average molecular weight is 469 g/mol. The molecule has 1 heterocycles. The summed E-state index contributed by atoms with van der Waals surface area (Å²) in [5, 5.41) is 3.76. The molecule has 172 valence electrons. The highest BCUT2D eigenvalue weighted by Crippen LogP contribution is 2.61. The van der Waals surface area contributed by atoms with Crippen LogP contribution in [0.5, 0.6) is 0 Å². The molecule has 1 aromatic heterocycles. The van der Waals surface area contributed by atoms with Gasteiger partial charge in [-0.1, -0.05) is 12.1 Å². The second kappa shape index (κ2) is 9.48. The smallest absolute Gasteiger partial charge is 0.416 e. The zero-order valence-corrected chi connectivity index (χ0v) is 18.6. The van der Waals surface area contributed by atoms with Crippen molar-refractivity contribution in [1.29, 1.82) is 0 Å². The van der Waals surface area contributed by atoms with E-state index in [-0.39, 0.29) is 18.8 Å². The number of fused-ring (bicyclic) bond motifs is 1. The molecule has 0 saturated heterocycles. The number of halogens is 3. The minimum absolute atomic E-state index is 0.0713. The van der Waals surface area contributed by atoms with Crippen molar-refractivity contribution in [3.63, 3.8) is 0 Å². The van der Waals surface area contributed by atoms with Crippen molar-refractivity contribution >= 4 is 24.3 Å². The van der Waals surface area contributed by atoms with Gasteiger partial charge in [0, 0.05) is 23.2 Å². The Balaban J connectivity index is 2.07. The monoisotopic (exact) mass is 469 g/mol. The summed E-state index contributed by atoms with van der Waals surface area (Å²) in [5.41, 5.74) is 0.418. The Labute approximate surface area is 182 Å². The van der Waals surface area contributed by atoms with Crippen molar-refractivity contribution in [2.24, 2.45) is 0 Å². The number of rotatable bonds is 8. The minimum Gasteiger partial charge on any atom is -0.423 e. The van der Waals surface area contributed by atoms with Crippen LogP contribution in [-0.4, -0.2) is 13.2 Å². The van der Waals surface area contributed by atoms with Crippen LogP contribution in [0.15, 0.2) is 57.7 Å². The molecule has 0 aliphatic heterocycles. The van der Waals surface area contributed by atoms with Crippen LogP contribution in [0.2, 0.25) is 0 Å². The molecule has 1 atom stereocenters. The predicted octanol–water partition coefficient (Wildman–Crippen LogP) is 6.50. The second-order valence-corrected chi connectivity index (χ2v) is 9.11. The van der Waals surface area contributed by atoms with Crippen molar-refractivity contribution in [3.05, 3.63) is 75.6 Å². The Kier molecular flexibility index (Phi) is 7.12. The molecule has 0 fully saturated rings. The number of anilines is 1. The summed E-state index contributed by atoms with van der Waals surface area (Å²) in [6.07, 6.45) is -4.50. The fourth-order valence-electron chi connectivity index (χ4n) is 3.32. The zero-order valence-electron chi connectivity index (χ0n) is 17.7. The lowest BCUT2D eigenvalue weighted by molar-refractivity contribution is -0.137. The van der Waals surface area contributed by atoms with E-state index in [1.165, 1.54) is 18.2 Å². The summed E-state index contributed by atoms with van der Waals surface area (Å²) in [6, 6.07) is 10.6. The molecule has 6 nitrogen and oxygen atoms in total. The molecule has 3 aromatic rings. The van der Waals surface area contributed by atoms with Gasteiger partial charge in [0.25, 0.3) is 0 Å². The molecule has 32 heavy (non-hydrogen) atoms. The first kappa shape index (κ1) is 24.0. The number of benzene rings is 2. The molecule has 1 N–H and O–H groups in total. The summed E-state index contributed by atoms with van der Waals surface area (Å²) in [6.45, 7) is 5.20. The lowest BCUT2D eigenvalue weighted by atomic mass is 10.1. The minimum atomic E-state index is -4.50. The Bertz CT molecular complexity index is 1180. The van der Waals surface area contributed by atoms with Gasteiger partial charge < -0.3 is 18.8 Å². The largest absolute Gasteiger partial charge is 0.423 e. The number of hydrogen-bond acceptors (Lipinski definition) is 6. The van der Waals surface area contributed by atoms with E-state index in [0.29, 0.717) is 11.3 Å². The van der Waals surface area contributed by atoms with Crippen molar-refractivity contribution < 1.29 is 31.2 Å². The Morgan fingerprint density at radius 3 is 2.22 bits per heavy atom. The van der Waals surface area contributed by atoms with Gasteiger partial charge >= 0.3 is 19.4 Å². The van der Waals surface area contributed by atoms with Crippen LogP contribution in [-0.2, 0) is 19.8 Å². The number of aryl methyl sites for hydroxylation is 1. The first-order chi connectivity index (χ1) is 15.1. The molecule has 0 saturated carbocycles. The topological polar surface area (TPSA) is 77.8 Å². The first-order valence-electron chi connectivity index (χ1n) is 9.94. The fraction of sp³-hybridized carbons (Fsp3) is 0.318. The fourth-order valence-corrected chi connectivity index (χ4v) is 5.26. The predicted molar refractivity (Wildman–Crippen MR) is 116 cm³/mol. The molecule has 0 spiro atoms. The van der Waals surface area contributed by atoms with Gasteiger partial charge in [-0.25, -0.2) is 4.79 Å². The van der Waals surface area contributed by atoms with Gasteiger partial charge in [-0.15, -0.1) is 0 Å². The lowest BCUT2D eigenvalue weighted by Gasteiger charge is -2.28. The van der Waals surface area contributed by atoms with E-state index >= 15 is 0 Å². The molecule has 0 aliphatic carbocycles. The normalized spacial score (nSPS) is 13.3. The summed E-state index contributed by atoms with van der Waals surface area (Å²) in [4.78, 5) is 11.7. The van der Waals surface area contributed by atoms with E-state index in [4.69, 9.17) is 13.5 Å². The molecule has 0 aliphatic rings. The number of alkyl halides is 3. The van der Waals surface area contributed by atoms with Crippen LogP contribution in [0.3, 0.4) is 0 Å². The van der Waals surface area contributed by atoms with Crippen molar-refractivity contribution in [2.75, 3.05) is 18.5 Å². The summed E-state index contributed by atoms with van der Waals surface area (Å²) < 4.78 is 68.7. The quantitative estimate of drug-likeness (QED) is 0.300. The standard InChI is InChI=1S/C22H23F3NO5P/c1-4-29-32(28,30-5-2)21(15-6-8-16(9-7-15)22(23,24)25)26-17-10-11-18-14(3)12-20(27)31-19(18)13-17/h6-13,21,26H,4-5H2,1-3H3. The van der Waals surface area contributed by atoms with Gasteiger partial charge in [-0.2, -0.15) is 13.2 Å². The molecule has 2 aromatic carbocycles. The van der Waals surface area contributed by atoms with E-state index in [1.807, 2.05) is 0 Å². The molecule has 10 heteroatoms. The Morgan fingerprint density at radius 2 is 1.66 bits per heavy atom. The Morgan fingerprint density at radius 1 is 1.03 bits per heavy atom. The van der Waals surface area contributed by atoms with Gasteiger partial charge in [0.2, 0.25) is 0 Å². The molecule has 0 radical (unpaired) electrons. The van der Waals surface area contributed by atoms with E-state index in [2.05, 4.69) is 5.32 Å². The van der Waals surface area contributed by atoms with Crippen LogP contribution < -0.4 is 10.9 Å². The second-order valence-electron chi connectivity index (χ2n) is 7.00. The maximum atomic E-state index is 13.6. The first-order valence-corrected chi connectivity index (χ1v) is 11.6. The van der Waals surface area contributed by atoms with Gasteiger partial charge in [0.1, 0.15) is 5.58 Å². The highest BCUT2D eigenvalue weighted by atomic mass is 31.2. The lowest BCUT2D eigenvalue weighted by Crippen LogP contribution is -2.16. The van der Waals surface area contributed by atoms with E-state index in [1.54, 1.807) is 39.0 Å². The van der Waals surface area contributed by atoms with Crippen LogP contribution in [0.25, 0.3) is 11.0 Å². The number of nitrogens with one attached hydrogen (secondary N) is 1. The SMILES string of the molecule is CCOP(=O)(OCC)C(Nc1ccc2c(C)cc(=O)oc2c1)c1ccc(C(F)(F)F)cc1. The summed E-state index contributed by atoms with van der Waals surface area (Å²) >= 11 is 0. The highest BCUT2D eigenvalue weighted by molar-refractivity contribution is 7.54. The van der Waals surface area contributed by atoms with Crippen molar-refractivity contribution in [1.82, 2.24) is 0 Å². The van der Waals surface area contributed by atoms with Gasteiger partial charge in [0.15, 0.2) is 5.78 Å². The average Bonchev–Trinajstić information content (AvgIpc) is 2.71. The van der Waals surface area contributed by atoms with Gasteiger partial charge in [0.05, 0.1) is 18.8 Å². The third kappa shape index (κ3) is 5.23. The third-order valence-corrected chi connectivity index (χ3v) is 7.04. The van der Waals surface area contributed by atoms with Gasteiger partial charge in [-0.05, 0) is 56.2 Å². The molecule has 3 rings (SSSR count). The molecule has 0 bridgehead atoms. The van der Waals surface area contributed by atoms with Crippen LogP contribution in [0.4, 0.5) is 18.9 Å². The van der Waals surface area contributed by atoms with Crippen LogP contribution in [0, 0.1) is 6.92 Å². The molecule has 1 unspecified atom stereocenters. The molecular formula is C22H23F3NO5P. The van der Waals surface area contributed by atoms with Gasteiger partial charge in [-0.3, -0.25) is 4.57 Å². The summed E-state index contributed by atoms with van der Waals surface area (Å²) in [7, 11) is -3.84. The van der Waals surface area contributed by atoms with E-state index < -0.39 is 30.7 Å². The Hall–Kier alpha value is -2.61. The van der Waals surface area contributed by atoms with Crippen molar-refractivity contribution in [2.45, 2.75) is 32.7 Å². The maximum Gasteiger partial charge on any atom is 0.416 e. The maximum absolute atomic E-state index is 13.6. The zero-order chi connectivity index (χ0) is 23.5. The highest BCUT2D eigenvalue weighted by Gasteiger charge is 2.38. The van der Waals surface area contributed by atoms with E-state index in [9.17, 15) is 22.5 Å². The third-order valence-electron chi connectivity index (χ3n) is 4.74.